The van der Waals surface area contributed by atoms with Gasteiger partial charge in [0.25, 0.3) is 0 Å². The van der Waals surface area contributed by atoms with Gasteiger partial charge in [0, 0.05) is 12.0 Å². The van der Waals surface area contributed by atoms with E-state index in [-0.39, 0.29) is 5.15 Å². The molecule has 1 saturated carbocycles. The van der Waals surface area contributed by atoms with E-state index in [0.29, 0.717) is 23.0 Å². The number of rotatable bonds is 3. The maximum atomic E-state index is 13.4. The third kappa shape index (κ3) is 2.34. The molecule has 0 radical (unpaired) electrons. The molecule has 5 nitrogen and oxygen atoms in total. The van der Waals surface area contributed by atoms with Crippen LogP contribution in [0.1, 0.15) is 30.1 Å². The molecule has 7 heteroatoms. The molecular formula is C16H14ClFN4O. The fourth-order valence-corrected chi connectivity index (χ4v) is 2.88. The van der Waals surface area contributed by atoms with Crippen LogP contribution < -0.4 is 4.74 Å². The summed E-state index contributed by atoms with van der Waals surface area (Å²) < 4.78 is 20.6. The van der Waals surface area contributed by atoms with Crippen molar-refractivity contribution in [3.63, 3.8) is 0 Å². The Labute approximate surface area is 137 Å². The van der Waals surface area contributed by atoms with Crippen molar-refractivity contribution in [2.24, 2.45) is 0 Å². The van der Waals surface area contributed by atoms with E-state index in [4.69, 9.17) is 21.4 Å². The van der Waals surface area contributed by atoms with Crippen LogP contribution in [0.25, 0.3) is 17.0 Å². The molecule has 0 saturated heterocycles. The van der Waals surface area contributed by atoms with Gasteiger partial charge in [0.1, 0.15) is 17.1 Å². The molecule has 0 aliphatic heterocycles. The van der Waals surface area contributed by atoms with Gasteiger partial charge in [0.2, 0.25) is 0 Å². The van der Waals surface area contributed by atoms with E-state index in [2.05, 4.69) is 9.97 Å². The molecule has 0 aromatic carbocycles. The zero-order valence-corrected chi connectivity index (χ0v) is 13.4. The molecule has 0 atom stereocenters. The van der Waals surface area contributed by atoms with Crippen LogP contribution in [0.2, 0.25) is 5.15 Å². The summed E-state index contributed by atoms with van der Waals surface area (Å²) >= 11 is 5.82. The van der Waals surface area contributed by atoms with Crippen molar-refractivity contribution in [2.45, 2.75) is 25.7 Å². The van der Waals surface area contributed by atoms with E-state index in [1.807, 2.05) is 13.0 Å². The molecule has 0 N–H and O–H groups in total. The molecule has 3 aromatic heterocycles. The highest BCUT2D eigenvalue weighted by Crippen LogP contribution is 2.43. The fraction of sp³-hybridized carbons (Fsp3) is 0.312. The van der Waals surface area contributed by atoms with Crippen molar-refractivity contribution >= 4 is 17.2 Å². The first-order valence-electron chi connectivity index (χ1n) is 7.35. The van der Waals surface area contributed by atoms with Gasteiger partial charge in [-0.1, -0.05) is 11.6 Å². The van der Waals surface area contributed by atoms with Gasteiger partial charge in [-0.25, -0.2) is 18.9 Å². The Morgan fingerprint density at radius 3 is 2.74 bits per heavy atom. The van der Waals surface area contributed by atoms with Crippen molar-refractivity contribution in [1.29, 1.82) is 0 Å². The third-order valence-electron chi connectivity index (χ3n) is 4.00. The number of pyridine rings is 1. The number of hydrogen-bond acceptors (Lipinski definition) is 4. The zero-order valence-electron chi connectivity index (χ0n) is 12.7. The Morgan fingerprint density at radius 1 is 1.30 bits per heavy atom. The van der Waals surface area contributed by atoms with Crippen molar-refractivity contribution < 1.29 is 9.13 Å². The number of aryl methyl sites for hydroxylation is 1. The highest BCUT2D eigenvalue weighted by molar-refractivity contribution is 6.29. The summed E-state index contributed by atoms with van der Waals surface area (Å²) in [7, 11) is 1.64. The molecule has 0 amide bonds. The predicted octanol–water partition coefficient (Wildman–Crippen LogP) is 3.78. The molecule has 3 heterocycles. The summed E-state index contributed by atoms with van der Waals surface area (Å²) in [6.07, 6.45) is 2.22. The number of ether oxygens (including phenoxy) is 1. The molecule has 3 aromatic rings. The molecule has 1 aliphatic rings. The fourth-order valence-electron chi connectivity index (χ4n) is 2.73. The van der Waals surface area contributed by atoms with Crippen LogP contribution >= 0.6 is 11.6 Å². The lowest BCUT2D eigenvalue weighted by atomic mass is 10.2. The topological polar surface area (TPSA) is 52.3 Å². The van der Waals surface area contributed by atoms with Crippen LogP contribution in [0.5, 0.6) is 5.75 Å². The lowest BCUT2D eigenvalue weighted by Crippen LogP contribution is -2.03. The Bertz CT molecular complexity index is 920. The van der Waals surface area contributed by atoms with Crippen LogP contribution in [0.15, 0.2) is 18.2 Å². The van der Waals surface area contributed by atoms with Gasteiger partial charge in [-0.05, 0) is 31.9 Å². The lowest BCUT2D eigenvalue weighted by Gasteiger charge is -2.08. The second-order valence-electron chi connectivity index (χ2n) is 5.66. The molecule has 4 rings (SSSR count). The van der Waals surface area contributed by atoms with Crippen molar-refractivity contribution in [1.82, 2.24) is 19.6 Å². The number of nitrogens with zero attached hydrogens (tertiary/aromatic N) is 4. The minimum absolute atomic E-state index is 0.159. The highest BCUT2D eigenvalue weighted by Gasteiger charge is 2.30. The molecule has 118 valence electrons. The first-order valence-corrected chi connectivity index (χ1v) is 7.73. The standard InChI is InChI=1S/C16H14ClFN4O/c1-8-15(11-6-5-10(18)16(17)20-11)22-13(19-8)7-12(23-2)14(21-22)9-3-4-9/h5-7,9H,3-4H2,1-2H3. The summed E-state index contributed by atoms with van der Waals surface area (Å²) in [4.78, 5) is 8.63. The molecule has 1 fully saturated rings. The van der Waals surface area contributed by atoms with E-state index >= 15 is 0 Å². The van der Waals surface area contributed by atoms with Gasteiger partial charge in [-0.2, -0.15) is 5.10 Å². The Hall–Kier alpha value is -2.21. The number of fused-ring (bicyclic) bond motifs is 1. The Balaban J connectivity index is 1.97. The molecule has 1 aliphatic carbocycles. The van der Waals surface area contributed by atoms with Gasteiger partial charge in [0.05, 0.1) is 18.5 Å². The minimum atomic E-state index is -0.546. The maximum absolute atomic E-state index is 13.4. The highest BCUT2D eigenvalue weighted by atomic mass is 35.5. The third-order valence-corrected chi connectivity index (χ3v) is 4.27. The van der Waals surface area contributed by atoms with Crippen molar-refractivity contribution in [2.75, 3.05) is 7.11 Å². The predicted molar refractivity (Wildman–Crippen MR) is 84.5 cm³/mol. The molecule has 0 unspecified atom stereocenters. The average molecular weight is 333 g/mol. The van der Waals surface area contributed by atoms with E-state index in [0.717, 1.165) is 30.0 Å². The maximum Gasteiger partial charge on any atom is 0.165 e. The Kier molecular flexibility index (Phi) is 3.23. The number of aromatic nitrogens is 4. The lowest BCUT2D eigenvalue weighted by molar-refractivity contribution is 0.405. The normalized spacial score (nSPS) is 14.4. The number of halogens is 2. The average Bonchev–Trinajstić information content (AvgIpc) is 3.32. The van der Waals surface area contributed by atoms with Gasteiger partial charge in [0.15, 0.2) is 16.6 Å². The summed E-state index contributed by atoms with van der Waals surface area (Å²) in [5.74, 6) is 0.631. The van der Waals surface area contributed by atoms with Crippen LogP contribution in [-0.2, 0) is 0 Å². The molecular weight excluding hydrogens is 319 g/mol. The SMILES string of the molecule is COc1cc2nc(C)c(-c3ccc(F)c(Cl)n3)n2nc1C1CC1. The monoisotopic (exact) mass is 332 g/mol. The second kappa shape index (κ2) is 5.16. The quantitative estimate of drug-likeness (QED) is 0.685. The van der Waals surface area contributed by atoms with Crippen LogP contribution in [-0.4, -0.2) is 26.7 Å². The van der Waals surface area contributed by atoms with Crippen LogP contribution in [0.4, 0.5) is 4.39 Å². The van der Waals surface area contributed by atoms with Gasteiger partial charge in [-0.15, -0.1) is 0 Å². The number of imidazole rings is 1. The van der Waals surface area contributed by atoms with Gasteiger partial charge < -0.3 is 4.74 Å². The van der Waals surface area contributed by atoms with E-state index in [9.17, 15) is 4.39 Å². The summed E-state index contributed by atoms with van der Waals surface area (Å²) in [5, 5.41) is 4.55. The first kappa shape index (κ1) is 14.4. The van der Waals surface area contributed by atoms with Gasteiger partial charge in [-0.3, -0.25) is 0 Å². The number of hydrogen-bond donors (Lipinski definition) is 0. The van der Waals surface area contributed by atoms with E-state index in [1.54, 1.807) is 17.7 Å². The minimum Gasteiger partial charge on any atom is -0.495 e. The van der Waals surface area contributed by atoms with Crippen molar-refractivity contribution in [3.8, 4) is 17.1 Å². The van der Waals surface area contributed by atoms with Crippen LogP contribution in [0, 0.1) is 12.7 Å². The van der Waals surface area contributed by atoms with Crippen molar-refractivity contribution in [3.05, 3.63) is 40.6 Å². The van der Waals surface area contributed by atoms with Gasteiger partial charge >= 0.3 is 0 Å². The Morgan fingerprint density at radius 2 is 2.09 bits per heavy atom. The van der Waals surface area contributed by atoms with E-state index in [1.165, 1.54) is 6.07 Å². The molecule has 0 bridgehead atoms. The number of methoxy groups -OCH3 is 1. The zero-order chi connectivity index (χ0) is 16.1. The smallest absolute Gasteiger partial charge is 0.165 e. The first-order chi connectivity index (χ1) is 11.1. The molecule has 0 spiro atoms. The summed E-state index contributed by atoms with van der Waals surface area (Å²) in [5.41, 5.74) is 3.60. The second-order valence-corrected chi connectivity index (χ2v) is 6.02. The largest absolute Gasteiger partial charge is 0.495 e. The summed E-state index contributed by atoms with van der Waals surface area (Å²) in [6.45, 7) is 1.87. The molecule has 23 heavy (non-hydrogen) atoms. The van der Waals surface area contributed by atoms with E-state index < -0.39 is 5.82 Å². The summed E-state index contributed by atoms with van der Waals surface area (Å²) in [6, 6.07) is 4.76. The van der Waals surface area contributed by atoms with Crippen LogP contribution in [0.3, 0.4) is 0 Å².